The molecule has 0 aromatic heterocycles. The van der Waals surface area contributed by atoms with E-state index in [2.05, 4.69) is 4.99 Å². The topological polar surface area (TPSA) is 54.4 Å². The van der Waals surface area contributed by atoms with Gasteiger partial charge in [-0.05, 0) is 35.9 Å². The van der Waals surface area contributed by atoms with Crippen LogP contribution < -0.4 is 14.4 Å². The zero-order valence-corrected chi connectivity index (χ0v) is 15.0. The molecule has 6 nitrogen and oxygen atoms in total. The number of nitrogens with zero attached hydrogens (tertiary/aromatic N) is 3. The standard InChI is InChI=1S/C20H21N3O3/c1-22(2)20(23(3)17-7-5-4-6-8-17)21-16(13-24)11-15-9-10-18-19(12-15)26-14-25-18/h4-13H,14H2,1-3H3/b16-11-,21-20+. The average molecular weight is 351 g/mol. The quantitative estimate of drug-likeness (QED) is 0.367. The third-order valence-corrected chi connectivity index (χ3v) is 3.90. The van der Waals surface area contributed by atoms with Gasteiger partial charge >= 0.3 is 0 Å². The first-order chi connectivity index (χ1) is 12.6. The fraction of sp³-hybridized carbons (Fsp3) is 0.200. The molecule has 0 bridgehead atoms. The molecule has 0 aliphatic carbocycles. The summed E-state index contributed by atoms with van der Waals surface area (Å²) in [4.78, 5) is 19.9. The summed E-state index contributed by atoms with van der Waals surface area (Å²) in [6.07, 6.45) is 2.46. The van der Waals surface area contributed by atoms with Gasteiger partial charge in [0.1, 0.15) is 5.70 Å². The number of carbonyl (C=O) groups is 1. The van der Waals surface area contributed by atoms with Gasteiger partial charge in [0.2, 0.25) is 12.8 Å². The molecule has 1 heterocycles. The molecule has 2 aromatic rings. The van der Waals surface area contributed by atoms with Gasteiger partial charge in [0, 0.05) is 26.8 Å². The summed E-state index contributed by atoms with van der Waals surface area (Å²) in [5.74, 6) is 2.02. The molecular formula is C20H21N3O3. The summed E-state index contributed by atoms with van der Waals surface area (Å²) in [6, 6.07) is 15.4. The Hall–Kier alpha value is -3.28. The van der Waals surface area contributed by atoms with E-state index in [1.807, 2.05) is 79.5 Å². The summed E-state index contributed by atoms with van der Waals surface area (Å²) in [7, 11) is 5.69. The number of para-hydroxylation sites is 1. The Bertz CT molecular complexity index is 845. The third-order valence-electron chi connectivity index (χ3n) is 3.90. The number of benzene rings is 2. The average Bonchev–Trinajstić information content (AvgIpc) is 3.12. The van der Waals surface area contributed by atoms with E-state index < -0.39 is 0 Å². The van der Waals surface area contributed by atoms with Crippen molar-refractivity contribution in [2.24, 2.45) is 4.99 Å². The van der Waals surface area contributed by atoms with E-state index in [4.69, 9.17) is 9.47 Å². The van der Waals surface area contributed by atoms with Crippen molar-refractivity contribution < 1.29 is 14.3 Å². The van der Waals surface area contributed by atoms with Crippen molar-refractivity contribution in [1.82, 2.24) is 4.90 Å². The minimum absolute atomic E-state index is 0.216. The highest BCUT2D eigenvalue weighted by Gasteiger charge is 2.14. The van der Waals surface area contributed by atoms with Crippen molar-refractivity contribution in [2.45, 2.75) is 0 Å². The zero-order chi connectivity index (χ0) is 18.5. The van der Waals surface area contributed by atoms with Crippen LogP contribution in [0.15, 0.2) is 59.2 Å². The second kappa shape index (κ2) is 7.74. The van der Waals surface area contributed by atoms with E-state index in [-0.39, 0.29) is 6.79 Å². The molecule has 1 aliphatic heterocycles. The molecule has 134 valence electrons. The predicted octanol–water partition coefficient (Wildman–Crippen LogP) is 3.01. The molecule has 0 saturated heterocycles. The maximum Gasteiger partial charge on any atom is 0.231 e. The molecule has 1 aliphatic rings. The molecule has 0 N–H and O–H groups in total. The fourth-order valence-corrected chi connectivity index (χ4v) is 2.62. The molecule has 0 saturated carbocycles. The van der Waals surface area contributed by atoms with Gasteiger partial charge in [-0.3, -0.25) is 4.79 Å². The number of ether oxygens (including phenoxy) is 2. The van der Waals surface area contributed by atoms with Crippen LogP contribution in [-0.2, 0) is 4.79 Å². The Balaban J connectivity index is 1.93. The van der Waals surface area contributed by atoms with E-state index in [0.717, 1.165) is 17.5 Å². The molecule has 6 heteroatoms. The van der Waals surface area contributed by atoms with Gasteiger partial charge < -0.3 is 19.3 Å². The second-order valence-electron chi connectivity index (χ2n) is 6.00. The number of guanidine groups is 1. The fourth-order valence-electron chi connectivity index (χ4n) is 2.62. The highest BCUT2D eigenvalue weighted by molar-refractivity contribution is 5.98. The van der Waals surface area contributed by atoms with Gasteiger partial charge in [-0.25, -0.2) is 4.99 Å². The predicted molar refractivity (Wildman–Crippen MR) is 103 cm³/mol. The molecule has 0 radical (unpaired) electrons. The van der Waals surface area contributed by atoms with Crippen molar-refractivity contribution >= 4 is 24.0 Å². The number of carbonyl (C=O) groups excluding carboxylic acids is 1. The second-order valence-corrected chi connectivity index (χ2v) is 6.00. The maximum absolute atomic E-state index is 11.6. The molecule has 0 spiro atoms. The van der Waals surface area contributed by atoms with Crippen LogP contribution in [-0.4, -0.2) is 45.1 Å². The van der Waals surface area contributed by atoms with Crippen LogP contribution in [0.1, 0.15) is 5.56 Å². The van der Waals surface area contributed by atoms with E-state index in [1.54, 1.807) is 6.08 Å². The molecule has 0 amide bonds. The van der Waals surface area contributed by atoms with Crippen molar-refractivity contribution in [3.63, 3.8) is 0 Å². The number of aliphatic imine (C=N–C) groups is 1. The Morgan fingerprint density at radius 1 is 1.04 bits per heavy atom. The number of anilines is 1. The number of fused-ring (bicyclic) bond motifs is 1. The molecule has 26 heavy (non-hydrogen) atoms. The summed E-state index contributed by atoms with van der Waals surface area (Å²) >= 11 is 0. The van der Waals surface area contributed by atoms with E-state index in [9.17, 15) is 4.79 Å². The largest absolute Gasteiger partial charge is 0.454 e. The van der Waals surface area contributed by atoms with Crippen LogP contribution in [0.4, 0.5) is 5.69 Å². The van der Waals surface area contributed by atoms with Gasteiger partial charge in [-0.15, -0.1) is 0 Å². The first-order valence-electron chi connectivity index (χ1n) is 8.20. The number of hydrogen-bond donors (Lipinski definition) is 0. The summed E-state index contributed by atoms with van der Waals surface area (Å²) in [5.41, 5.74) is 2.11. The molecular weight excluding hydrogens is 330 g/mol. The third kappa shape index (κ3) is 3.85. The van der Waals surface area contributed by atoms with E-state index >= 15 is 0 Å². The van der Waals surface area contributed by atoms with Crippen molar-refractivity contribution in [1.29, 1.82) is 0 Å². The smallest absolute Gasteiger partial charge is 0.231 e. The summed E-state index contributed by atoms with van der Waals surface area (Å²) in [6.45, 7) is 0.216. The normalized spacial score (nSPS) is 13.5. The highest BCUT2D eigenvalue weighted by Crippen LogP contribution is 2.33. The first kappa shape index (κ1) is 17.5. The number of rotatable bonds is 4. The number of aldehydes is 1. The van der Waals surface area contributed by atoms with Crippen LogP contribution in [0.3, 0.4) is 0 Å². The monoisotopic (exact) mass is 351 g/mol. The van der Waals surface area contributed by atoms with Crippen molar-refractivity contribution in [2.75, 3.05) is 32.8 Å². The molecule has 0 unspecified atom stereocenters. The Morgan fingerprint density at radius 2 is 1.77 bits per heavy atom. The summed E-state index contributed by atoms with van der Waals surface area (Å²) in [5, 5.41) is 0. The summed E-state index contributed by atoms with van der Waals surface area (Å²) < 4.78 is 10.7. The van der Waals surface area contributed by atoms with Crippen LogP contribution in [0.25, 0.3) is 6.08 Å². The molecule has 2 aromatic carbocycles. The van der Waals surface area contributed by atoms with Crippen molar-refractivity contribution in [3.05, 3.63) is 59.8 Å². The maximum atomic E-state index is 11.6. The SMILES string of the molecule is CN(C)/C(=N\C(C=O)=C/c1ccc2c(c1)OCO2)N(C)c1ccccc1. The van der Waals surface area contributed by atoms with Gasteiger partial charge in [0.05, 0.1) is 0 Å². The van der Waals surface area contributed by atoms with E-state index in [1.165, 1.54) is 0 Å². The van der Waals surface area contributed by atoms with Crippen LogP contribution >= 0.6 is 0 Å². The lowest BCUT2D eigenvalue weighted by molar-refractivity contribution is -0.104. The highest BCUT2D eigenvalue weighted by atomic mass is 16.7. The van der Waals surface area contributed by atoms with Crippen LogP contribution in [0.2, 0.25) is 0 Å². The zero-order valence-electron chi connectivity index (χ0n) is 15.0. The van der Waals surface area contributed by atoms with Gasteiger partial charge in [-0.2, -0.15) is 0 Å². The van der Waals surface area contributed by atoms with E-state index in [0.29, 0.717) is 23.2 Å². The Labute approximate surface area is 153 Å². The van der Waals surface area contributed by atoms with Crippen LogP contribution in [0.5, 0.6) is 11.5 Å². The molecule has 0 atom stereocenters. The number of allylic oxidation sites excluding steroid dienone is 1. The Morgan fingerprint density at radius 3 is 2.46 bits per heavy atom. The molecule has 3 rings (SSSR count). The lowest BCUT2D eigenvalue weighted by Crippen LogP contribution is -2.38. The van der Waals surface area contributed by atoms with Gasteiger partial charge in [0.25, 0.3) is 0 Å². The lowest BCUT2D eigenvalue weighted by atomic mass is 10.2. The van der Waals surface area contributed by atoms with Crippen LogP contribution in [0, 0.1) is 0 Å². The number of hydrogen-bond acceptors (Lipinski definition) is 4. The first-order valence-corrected chi connectivity index (χ1v) is 8.20. The minimum Gasteiger partial charge on any atom is -0.454 e. The molecule has 0 fully saturated rings. The Kier molecular flexibility index (Phi) is 5.22. The lowest BCUT2D eigenvalue weighted by Gasteiger charge is -2.26. The minimum atomic E-state index is 0.216. The van der Waals surface area contributed by atoms with Gasteiger partial charge in [0.15, 0.2) is 17.8 Å². The van der Waals surface area contributed by atoms with Gasteiger partial charge in [-0.1, -0.05) is 24.3 Å². The van der Waals surface area contributed by atoms with Crippen molar-refractivity contribution in [3.8, 4) is 11.5 Å².